The number of ether oxygens (including phenoxy) is 1. The predicted molar refractivity (Wildman–Crippen MR) is 58.4 cm³/mol. The van der Waals surface area contributed by atoms with E-state index in [-0.39, 0.29) is 5.69 Å². The van der Waals surface area contributed by atoms with Crippen LogP contribution in [0.2, 0.25) is 0 Å². The largest absolute Gasteiger partial charge is 0.378 e. The number of nitrogens with one attached hydrogen (secondary N) is 2. The third-order valence-corrected chi connectivity index (χ3v) is 3.01. The van der Waals surface area contributed by atoms with Gasteiger partial charge in [-0.25, -0.2) is 4.79 Å². The van der Waals surface area contributed by atoms with Crippen molar-refractivity contribution in [1.29, 1.82) is 0 Å². The molecule has 86 valence electrons. The van der Waals surface area contributed by atoms with Crippen molar-refractivity contribution in [3.05, 3.63) is 21.7 Å². The Morgan fingerprint density at radius 2 is 2.06 bits per heavy atom. The van der Waals surface area contributed by atoms with Crippen molar-refractivity contribution in [3.63, 3.8) is 0 Å². The number of H-pyrrole nitrogens is 1. The highest BCUT2D eigenvalue weighted by Crippen LogP contribution is 2.22. The van der Waals surface area contributed by atoms with Gasteiger partial charge in [0.05, 0.1) is 13.2 Å². The second-order valence-electron chi connectivity index (χ2n) is 4.03. The predicted octanol–water partition coefficient (Wildman–Crippen LogP) is -0.790. The van der Waals surface area contributed by atoms with Gasteiger partial charge in [-0.2, -0.15) is 4.98 Å². The van der Waals surface area contributed by atoms with E-state index in [0.717, 1.165) is 43.3 Å². The number of hydrogen-bond acceptors (Lipinski definition) is 5. The van der Waals surface area contributed by atoms with Crippen LogP contribution in [0, 0.1) is 0 Å². The highest BCUT2D eigenvalue weighted by Gasteiger charge is 2.22. The molecule has 0 radical (unpaired) electrons. The van der Waals surface area contributed by atoms with Crippen LogP contribution >= 0.6 is 0 Å². The molecule has 1 aromatic rings. The Labute approximate surface area is 92.6 Å². The Hall–Kier alpha value is -1.40. The van der Waals surface area contributed by atoms with Gasteiger partial charge in [0.15, 0.2) is 0 Å². The van der Waals surface area contributed by atoms with E-state index in [1.165, 1.54) is 0 Å². The second kappa shape index (κ2) is 3.88. The lowest BCUT2D eigenvalue weighted by Gasteiger charge is -2.28. The molecule has 0 unspecified atom stereocenters. The second-order valence-corrected chi connectivity index (χ2v) is 4.03. The van der Waals surface area contributed by atoms with Crippen molar-refractivity contribution in [3.8, 4) is 0 Å². The van der Waals surface area contributed by atoms with Gasteiger partial charge in [-0.1, -0.05) is 0 Å². The number of hydrogen-bond donors (Lipinski definition) is 2. The summed E-state index contributed by atoms with van der Waals surface area (Å²) in [7, 11) is 0. The molecule has 0 atom stereocenters. The first-order valence-electron chi connectivity index (χ1n) is 5.50. The zero-order valence-corrected chi connectivity index (χ0v) is 8.95. The van der Waals surface area contributed by atoms with Gasteiger partial charge in [-0.05, 0) is 0 Å². The van der Waals surface area contributed by atoms with Crippen LogP contribution in [-0.4, -0.2) is 36.3 Å². The number of rotatable bonds is 1. The normalized spacial score (nSPS) is 19.9. The third-order valence-electron chi connectivity index (χ3n) is 3.01. The molecule has 1 fully saturated rings. The summed E-state index contributed by atoms with van der Waals surface area (Å²) in [4.78, 5) is 20.4. The SMILES string of the molecule is O=c1nc(N2CCOCC2)c2c([nH]1)CNC2. The van der Waals surface area contributed by atoms with E-state index in [1.54, 1.807) is 0 Å². The first kappa shape index (κ1) is 9.80. The Kier molecular flexibility index (Phi) is 2.37. The van der Waals surface area contributed by atoms with E-state index in [4.69, 9.17) is 4.74 Å². The summed E-state index contributed by atoms with van der Waals surface area (Å²) in [6.07, 6.45) is 0. The molecule has 0 aromatic carbocycles. The van der Waals surface area contributed by atoms with Crippen LogP contribution in [0.1, 0.15) is 11.3 Å². The zero-order chi connectivity index (χ0) is 11.0. The minimum Gasteiger partial charge on any atom is -0.378 e. The summed E-state index contributed by atoms with van der Waals surface area (Å²) in [6.45, 7) is 4.54. The van der Waals surface area contributed by atoms with E-state index in [1.807, 2.05) is 0 Å². The van der Waals surface area contributed by atoms with E-state index in [9.17, 15) is 4.79 Å². The molecule has 3 heterocycles. The molecule has 2 aliphatic heterocycles. The number of morpholine rings is 1. The molecule has 2 aliphatic rings. The Morgan fingerprint density at radius 1 is 1.25 bits per heavy atom. The Bertz CT molecular complexity index is 451. The van der Waals surface area contributed by atoms with E-state index in [2.05, 4.69) is 20.2 Å². The minimum absolute atomic E-state index is 0.260. The van der Waals surface area contributed by atoms with Crippen molar-refractivity contribution in [1.82, 2.24) is 15.3 Å². The maximum Gasteiger partial charge on any atom is 0.347 e. The van der Waals surface area contributed by atoms with Gasteiger partial charge in [0, 0.05) is 37.4 Å². The lowest BCUT2D eigenvalue weighted by atomic mass is 10.2. The van der Waals surface area contributed by atoms with Crippen LogP contribution in [0.4, 0.5) is 5.82 Å². The van der Waals surface area contributed by atoms with Crippen LogP contribution in [0.15, 0.2) is 4.79 Å². The lowest BCUT2D eigenvalue weighted by Crippen LogP contribution is -2.38. The third kappa shape index (κ3) is 1.60. The fraction of sp³-hybridized carbons (Fsp3) is 0.600. The first-order valence-corrected chi connectivity index (χ1v) is 5.50. The Morgan fingerprint density at radius 3 is 2.88 bits per heavy atom. The number of nitrogens with zero attached hydrogens (tertiary/aromatic N) is 2. The van der Waals surface area contributed by atoms with Crippen molar-refractivity contribution in [2.24, 2.45) is 0 Å². The van der Waals surface area contributed by atoms with Crippen molar-refractivity contribution < 1.29 is 4.74 Å². The molecule has 1 saturated heterocycles. The molecular weight excluding hydrogens is 208 g/mol. The van der Waals surface area contributed by atoms with Gasteiger partial charge in [0.2, 0.25) is 0 Å². The molecule has 16 heavy (non-hydrogen) atoms. The molecule has 0 aliphatic carbocycles. The molecule has 6 heteroatoms. The average molecular weight is 222 g/mol. The fourth-order valence-corrected chi connectivity index (χ4v) is 2.22. The molecule has 1 aromatic heterocycles. The standard InChI is InChI=1S/C10H14N4O2/c15-10-12-8-6-11-5-7(8)9(13-10)14-1-3-16-4-2-14/h11H,1-6H2,(H,12,13,15). The number of anilines is 1. The first-order chi connectivity index (χ1) is 7.84. The topological polar surface area (TPSA) is 70.2 Å². The number of aromatic amines is 1. The average Bonchev–Trinajstić information content (AvgIpc) is 2.77. The van der Waals surface area contributed by atoms with Gasteiger partial charge in [-0.15, -0.1) is 0 Å². The number of aromatic nitrogens is 2. The summed E-state index contributed by atoms with van der Waals surface area (Å²) in [5, 5.41) is 3.23. The molecule has 0 spiro atoms. The van der Waals surface area contributed by atoms with Crippen LogP contribution < -0.4 is 15.9 Å². The molecule has 3 rings (SSSR count). The smallest absolute Gasteiger partial charge is 0.347 e. The molecule has 0 bridgehead atoms. The van der Waals surface area contributed by atoms with Gasteiger partial charge < -0.3 is 19.9 Å². The van der Waals surface area contributed by atoms with Crippen molar-refractivity contribution >= 4 is 5.82 Å². The quantitative estimate of drug-likeness (QED) is 0.651. The summed E-state index contributed by atoms with van der Waals surface area (Å²) < 4.78 is 5.30. The van der Waals surface area contributed by atoms with Gasteiger partial charge in [-0.3, -0.25) is 0 Å². The van der Waals surface area contributed by atoms with E-state index < -0.39 is 0 Å². The molecular formula is C10H14N4O2. The van der Waals surface area contributed by atoms with Gasteiger partial charge >= 0.3 is 5.69 Å². The summed E-state index contributed by atoms with van der Waals surface area (Å²) >= 11 is 0. The maximum absolute atomic E-state index is 11.4. The van der Waals surface area contributed by atoms with E-state index in [0.29, 0.717) is 13.2 Å². The monoisotopic (exact) mass is 222 g/mol. The van der Waals surface area contributed by atoms with Crippen LogP contribution in [0.5, 0.6) is 0 Å². The maximum atomic E-state index is 11.4. The lowest BCUT2D eigenvalue weighted by molar-refractivity contribution is 0.122. The highest BCUT2D eigenvalue weighted by molar-refractivity contribution is 5.50. The van der Waals surface area contributed by atoms with Gasteiger partial charge in [0.25, 0.3) is 0 Å². The molecule has 0 amide bonds. The van der Waals surface area contributed by atoms with Crippen LogP contribution in [0.3, 0.4) is 0 Å². The Balaban J connectivity index is 2.02. The van der Waals surface area contributed by atoms with Crippen LogP contribution in [-0.2, 0) is 17.8 Å². The minimum atomic E-state index is -0.260. The molecule has 6 nitrogen and oxygen atoms in total. The van der Waals surface area contributed by atoms with E-state index >= 15 is 0 Å². The summed E-state index contributed by atoms with van der Waals surface area (Å²) in [6, 6.07) is 0. The van der Waals surface area contributed by atoms with Crippen molar-refractivity contribution in [2.75, 3.05) is 31.2 Å². The van der Waals surface area contributed by atoms with Crippen LogP contribution in [0.25, 0.3) is 0 Å². The summed E-state index contributed by atoms with van der Waals surface area (Å²) in [5.74, 6) is 0.826. The molecule has 2 N–H and O–H groups in total. The highest BCUT2D eigenvalue weighted by atomic mass is 16.5. The fourth-order valence-electron chi connectivity index (χ4n) is 2.22. The number of fused-ring (bicyclic) bond motifs is 1. The van der Waals surface area contributed by atoms with Crippen molar-refractivity contribution in [2.45, 2.75) is 13.1 Å². The summed E-state index contributed by atoms with van der Waals surface area (Å²) in [5.41, 5.74) is 1.84. The van der Waals surface area contributed by atoms with Gasteiger partial charge in [0.1, 0.15) is 5.82 Å². The molecule has 0 saturated carbocycles. The zero-order valence-electron chi connectivity index (χ0n) is 8.95.